The fourth-order valence-corrected chi connectivity index (χ4v) is 2.91. The first-order chi connectivity index (χ1) is 9.88. The van der Waals surface area contributed by atoms with Crippen molar-refractivity contribution in [2.75, 3.05) is 0 Å². The van der Waals surface area contributed by atoms with Gasteiger partial charge >= 0.3 is 5.97 Å². The molecule has 2 rings (SSSR count). The molecule has 116 valence electrons. The van der Waals surface area contributed by atoms with E-state index in [1.54, 1.807) is 6.07 Å². The van der Waals surface area contributed by atoms with Gasteiger partial charge in [0.25, 0.3) is 5.91 Å². The summed E-state index contributed by atoms with van der Waals surface area (Å²) in [5.41, 5.74) is -0.235. The van der Waals surface area contributed by atoms with Crippen molar-refractivity contribution in [1.29, 1.82) is 0 Å². The largest absolute Gasteiger partial charge is 0.480 e. The number of amides is 1. The molecule has 1 aliphatic carbocycles. The Labute approximate surface area is 124 Å². The normalized spacial score (nSPS) is 25.6. The first-order valence-corrected chi connectivity index (χ1v) is 7.53. The predicted octanol–water partition coefficient (Wildman–Crippen LogP) is 2.91. The van der Waals surface area contributed by atoms with Crippen LogP contribution in [0, 0.1) is 12.8 Å². The SMILES string of the molecule is CCc1oc(C(=O)NC2(C(=O)O)CCC(C)CC2)cc1C. The number of furan rings is 1. The molecular formula is C16H23NO4. The molecule has 1 heterocycles. The van der Waals surface area contributed by atoms with Crippen molar-refractivity contribution in [3.63, 3.8) is 0 Å². The third-order valence-corrected chi connectivity index (χ3v) is 4.46. The Morgan fingerprint density at radius 1 is 1.43 bits per heavy atom. The van der Waals surface area contributed by atoms with E-state index in [9.17, 15) is 14.7 Å². The lowest BCUT2D eigenvalue weighted by atomic mass is 9.77. The number of rotatable bonds is 4. The molecule has 5 heteroatoms. The van der Waals surface area contributed by atoms with Gasteiger partial charge in [0.15, 0.2) is 5.76 Å². The molecule has 2 N–H and O–H groups in total. The molecule has 1 aromatic rings. The fraction of sp³-hybridized carbons (Fsp3) is 0.625. The number of aryl methyl sites for hydroxylation is 2. The summed E-state index contributed by atoms with van der Waals surface area (Å²) in [6.07, 6.45) is 3.26. The summed E-state index contributed by atoms with van der Waals surface area (Å²) in [5.74, 6) is 0.0776. The van der Waals surface area contributed by atoms with E-state index in [0.717, 1.165) is 24.2 Å². The summed E-state index contributed by atoms with van der Waals surface area (Å²) in [6.45, 7) is 5.94. The highest BCUT2D eigenvalue weighted by atomic mass is 16.4. The summed E-state index contributed by atoms with van der Waals surface area (Å²) >= 11 is 0. The molecule has 5 nitrogen and oxygen atoms in total. The molecule has 0 bridgehead atoms. The Morgan fingerprint density at radius 2 is 2.05 bits per heavy atom. The first kappa shape index (κ1) is 15.6. The first-order valence-electron chi connectivity index (χ1n) is 7.53. The second-order valence-electron chi connectivity index (χ2n) is 6.09. The molecule has 0 atom stereocenters. The molecular weight excluding hydrogens is 270 g/mol. The van der Waals surface area contributed by atoms with Gasteiger partial charge in [-0.3, -0.25) is 4.79 Å². The second-order valence-corrected chi connectivity index (χ2v) is 6.09. The number of nitrogens with one attached hydrogen (secondary N) is 1. The number of hydrogen-bond acceptors (Lipinski definition) is 3. The van der Waals surface area contributed by atoms with E-state index in [0.29, 0.717) is 25.2 Å². The smallest absolute Gasteiger partial charge is 0.329 e. The molecule has 1 saturated carbocycles. The van der Waals surface area contributed by atoms with Gasteiger partial charge in [0, 0.05) is 6.42 Å². The topological polar surface area (TPSA) is 79.5 Å². The molecule has 0 radical (unpaired) electrons. The van der Waals surface area contributed by atoms with Crippen molar-refractivity contribution >= 4 is 11.9 Å². The third kappa shape index (κ3) is 3.12. The number of carboxylic acids is 1. The maximum atomic E-state index is 12.3. The summed E-state index contributed by atoms with van der Waals surface area (Å²) in [7, 11) is 0. The van der Waals surface area contributed by atoms with E-state index in [4.69, 9.17) is 4.42 Å². The van der Waals surface area contributed by atoms with Crippen LogP contribution in [0.5, 0.6) is 0 Å². The zero-order valence-electron chi connectivity index (χ0n) is 12.9. The monoisotopic (exact) mass is 293 g/mol. The van der Waals surface area contributed by atoms with Gasteiger partial charge in [0.05, 0.1) is 0 Å². The van der Waals surface area contributed by atoms with Gasteiger partial charge in [-0.25, -0.2) is 4.79 Å². The van der Waals surface area contributed by atoms with Crippen LogP contribution in [-0.4, -0.2) is 22.5 Å². The van der Waals surface area contributed by atoms with Gasteiger partial charge in [-0.05, 0) is 50.2 Å². The van der Waals surface area contributed by atoms with Gasteiger partial charge in [0.1, 0.15) is 11.3 Å². The number of carbonyl (C=O) groups is 2. The summed E-state index contributed by atoms with van der Waals surface area (Å²) in [6, 6.07) is 1.68. The van der Waals surface area contributed by atoms with Crippen LogP contribution in [0.25, 0.3) is 0 Å². The maximum absolute atomic E-state index is 12.3. The van der Waals surface area contributed by atoms with Gasteiger partial charge in [-0.15, -0.1) is 0 Å². The highest BCUT2D eigenvalue weighted by Crippen LogP contribution is 2.32. The average molecular weight is 293 g/mol. The van der Waals surface area contributed by atoms with E-state index < -0.39 is 17.4 Å². The molecule has 0 aromatic carbocycles. The molecule has 0 unspecified atom stereocenters. The predicted molar refractivity (Wildman–Crippen MR) is 78.3 cm³/mol. The van der Waals surface area contributed by atoms with Crippen LogP contribution in [0.2, 0.25) is 0 Å². The lowest BCUT2D eigenvalue weighted by Crippen LogP contribution is -2.56. The summed E-state index contributed by atoms with van der Waals surface area (Å²) in [4.78, 5) is 24.0. The van der Waals surface area contributed by atoms with Crippen LogP contribution >= 0.6 is 0 Å². The molecule has 1 aliphatic rings. The molecule has 1 aromatic heterocycles. The Kier molecular flexibility index (Phi) is 4.40. The minimum atomic E-state index is -1.16. The Hall–Kier alpha value is -1.78. The number of aliphatic carboxylic acids is 1. The number of carboxylic acid groups (broad SMARTS) is 1. The lowest BCUT2D eigenvalue weighted by Gasteiger charge is -2.36. The lowest BCUT2D eigenvalue weighted by molar-refractivity contribution is -0.146. The molecule has 0 spiro atoms. The Morgan fingerprint density at radius 3 is 2.52 bits per heavy atom. The van der Waals surface area contributed by atoms with Gasteiger partial charge in [0.2, 0.25) is 0 Å². The minimum absolute atomic E-state index is 0.198. The molecule has 0 saturated heterocycles. The summed E-state index contributed by atoms with van der Waals surface area (Å²) in [5, 5.41) is 12.2. The van der Waals surface area contributed by atoms with E-state index in [1.165, 1.54) is 0 Å². The zero-order chi connectivity index (χ0) is 15.6. The highest BCUT2D eigenvalue weighted by Gasteiger charge is 2.43. The third-order valence-electron chi connectivity index (χ3n) is 4.46. The van der Waals surface area contributed by atoms with Crippen molar-refractivity contribution in [2.45, 2.75) is 58.4 Å². The van der Waals surface area contributed by atoms with E-state index in [2.05, 4.69) is 12.2 Å². The summed E-state index contributed by atoms with van der Waals surface area (Å²) < 4.78 is 5.51. The van der Waals surface area contributed by atoms with Crippen LogP contribution in [0.15, 0.2) is 10.5 Å². The number of carbonyl (C=O) groups excluding carboxylic acids is 1. The molecule has 0 aliphatic heterocycles. The van der Waals surface area contributed by atoms with E-state index >= 15 is 0 Å². The van der Waals surface area contributed by atoms with E-state index in [1.807, 2.05) is 13.8 Å². The van der Waals surface area contributed by atoms with Crippen molar-refractivity contribution in [1.82, 2.24) is 5.32 Å². The molecule has 21 heavy (non-hydrogen) atoms. The Bertz CT molecular complexity index is 538. The minimum Gasteiger partial charge on any atom is -0.480 e. The molecule has 1 fully saturated rings. The van der Waals surface area contributed by atoms with Crippen LogP contribution in [0.1, 0.15) is 61.4 Å². The zero-order valence-corrected chi connectivity index (χ0v) is 12.9. The molecule has 1 amide bonds. The van der Waals surface area contributed by atoms with Crippen molar-refractivity contribution in [3.05, 3.63) is 23.2 Å². The second kappa shape index (κ2) is 5.92. The van der Waals surface area contributed by atoms with Gasteiger partial charge in [-0.2, -0.15) is 0 Å². The average Bonchev–Trinajstić information content (AvgIpc) is 2.82. The highest BCUT2D eigenvalue weighted by molar-refractivity contribution is 5.96. The van der Waals surface area contributed by atoms with Crippen LogP contribution in [0.4, 0.5) is 0 Å². The van der Waals surface area contributed by atoms with Gasteiger partial charge in [-0.1, -0.05) is 13.8 Å². The van der Waals surface area contributed by atoms with Crippen LogP contribution in [0.3, 0.4) is 0 Å². The van der Waals surface area contributed by atoms with E-state index in [-0.39, 0.29) is 5.76 Å². The van der Waals surface area contributed by atoms with Crippen molar-refractivity contribution in [2.24, 2.45) is 5.92 Å². The van der Waals surface area contributed by atoms with Crippen molar-refractivity contribution in [3.8, 4) is 0 Å². The van der Waals surface area contributed by atoms with Crippen LogP contribution < -0.4 is 5.32 Å². The maximum Gasteiger partial charge on any atom is 0.329 e. The fourth-order valence-electron chi connectivity index (χ4n) is 2.91. The quantitative estimate of drug-likeness (QED) is 0.894. The van der Waals surface area contributed by atoms with Crippen molar-refractivity contribution < 1.29 is 19.1 Å². The van der Waals surface area contributed by atoms with Gasteiger partial charge < -0.3 is 14.8 Å². The van der Waals surface area contributed by atoms with Crippen LogP contribution in [-0.2, 0) is 11.2 Å². The number of hydrogen-bond donors (Lipinski definition) is 2. The Balaban J connectivity index is 2.17. The standard InChI is InChI=1S/C16H23NO4/c1-4-12-11(3)9-13(21-12)14(18)17-16(15(19)20)7-5-10(2)6-8-16/h9-10H,4-8H2,1-3H3,(H,17,18)(H,19,20).